The van der Waals surface area contributed by atoms with E-state index in [1.165, 1.54) is 0 Å². The van der Waals surface area contributed by atoms with Crippen LogP contribution in [0.5, 0.6) is 0 Å². The van der Waals surface area contributed by atoms with Crippen molar-refractivity contribution in [1.29, 1.82) is 0 Å². The third kappa shape index (κ3) is 3.10. The van der Waals surface area contributed by atoms with Gasteiger partial charge in [0.05, 0.1) is 0 Å². The Balaban J connectivity index is 4.12. The van der Waals surface area contributed by atoms with Gasteiger partial charge in [-0.05, 0) is 5.92 Å². The molecule has 0 saturated carbocycles. The lowest BCUT2D eigenvalue weighted by atomic mass is 9.90. The highest BCUT2D eigenvalue weighted by molar-refractivity contribution is 6.26. The number of hydrogen-bond acceptors (Lipinski definition) is 1. The van der Waals surface area contributed by atoms with E-state index in [1.807, 2.05) is 20.8 Å². The fourth-order valence-corrected chi connectivity index (χ4v) is 0.808. The molecule has 3 nitrogen and oxygen atoms in total. The van der Waals surface area contributed by atoms with Crippen LogP contribution in [0.4, 0.5) is 0 Å². The van der Waals surface area contributed by atoms with Crippen molar-refractivity contribution in [3.63, 3.8) is 0 Å². The Bertz CT molecular complexity index is 183. The molecule has 62 valence electrons. The van der Waals surface area contributed by atoms with Crippen LogP contribution < -0.4 is 0 Å². The highest BCUT2D eigenvalue weighted by atomic mass is 16.1. The molecule has 11 heavy (non-hydrogen) atoms. The number of carbonyl (C=O) groups is 1. The smallest absolute Gasteiger partial charge is 0.323 e. The highest BCUT2D eigenvalue weighted by Gasteiger charge is 2.19. The normalized spacial score (nSPS) is 14.8. The third-order valence-electron chi connectivity index (χ3n) is 2.13. The molecular formula is C8H14N2O. The van der Waals surface area contributed by atoms with Crippen LogP contribution in [-0.4, -0.2) is 16.8 Å². The lowest BCUT2D eigenvalue weighted by molar-refractivity contribution is -0.120. The Labute approximate surface area is 67.0 Å². The van der Waals surface area contributed by atoms with Gasteiger partial charge in [0.1, 0.15) is 0 Å². The largest absolute Gasteiger partial charge is 0.361 e. The van der Waals surface area contributed by atoms with E-state index in [0.717, 1.165) is 12.6 Å². The van der Waals surface area contributed by atoms with Crippen LogP contribution in [0.15, 0.2) is 0 Å². The van der Waals surface area contributed by atoms with Gasteiger partial charge in [-0.1, -0.05) is 27.2 Å². The summed E-state index contributed by atoms with van der Waals surface area (Å²) in [6.07, 6.45) is 1.93. The van der Waals surface area contributed by atoms with E-state index in [0.29, 0.717) is 5.92 Å². The molecule has 0 aliphatic rings. The first-order chi connectivity index (χ1) is 5.13. The van der Waals surface area contributed by atoms with Crippen molar-refractivity contribution in [2.45, 2.75) is 27.2 Å². The molecule has 0 unspecified atom stereocenters. The maximum atomic E-state index is 11.0. The maximum absolute atomic E-state index is 11.0. The Morgan fingerprint density at radius 2 is 2.18 bits per heavy atom. The van der Waals surface area contributed by atoms with E-state index in [4.69, 9.17) is 5.53 Å². The minimum Gasteiger partial charge on any atom is -0.361 e. The van der Waals surface area contributed by atoms with Crippen molar-refractivity contribution in [2.24, 2.45) is 11.8 Å². The highest BCUT2D eigenvalue weighted by Crippen LogP contribution is 2.13. The second-order valence-electron chi connectivity index (χ2n) is 2.82. The van der Waals surface area contributed by atoms with Crippen molar-refractivity contribution in [3.8, 4) is 0 Å². The topological polar surface area (TPSA) is 53.5 Å². The van der Waals surface area contributed by atoms with Gasteiger partial charge in [-0.15, -0.1) is 0 Å². The number of Topliss-reactive ketones (excluding diaryl/α,β-unsaturated/α-hetero) is 1. The second kappa shape index (κ2) is 4.80. The van der Waals surface area contributed by atoms with Crippen LogP contribution in [0.3, 0.4) is 0 Å². The number of rotatable bonds is 4. The molecule has 0 heterocycles. The van der Waals surface area contributed by atoms with Crippen molar-refractivity contribution in [3.05, 3.63) is 5.53 Å². The van der Waals surface area contributed by atoms with Crippen molar-refractivity contribution in [1.82, 2.24) is 0 Å². The van der Waals surface area contributed by atoms with Crippen LogP contribution in [0.1, 0.15) is 27.2 Å². The Hall–Kier alpha value is -0.950. The van der Waals surface area contributed by atoms with E-state index >= 15 is 0 Å². The minimum absolute atomic E-state index is 0.0455. The monoisotopic (exact) mass is 154 g/mol. The molecule has 0 aromatic rings. The molecule has 0 radical (unpaired) electrons. The molecule has 2 atom stereocenters. The average molecular weight is 154 g/mol. The Kier molecular flexibility index (Phi) is 4.39. The number of carbonyl (C=O) groups excluding carboxylic acids is 1. The lowest BCUT2D eigenvalue weighted by Crippen LogP contribution is -2.19. The van der Waals surface area contributed by atoms with Gasteiger partial charge in [-0.3, -0.25) is 4.79 Å². The Morgan fingerprint density at radius 3 is 2.55 bits per heavy atom. The molecule has 0 aromatic carbocycles. The van der Waals surface area contributed by atoms with Gasteiger partial charge in [0.25, 0.3) is 0 Å². The van der Waals surface area contributed by atoms with Gasteiger partial charge in [0.15, 0.2) is 0 Å². The molecule has 3 heteroatoms. The first-order valence-electron chi connectivity index (χ1n) is 3.84. The summed E-state index contributed by atoms with van der Waals surface area (Å²) in [5.74, 6) is 0.193. The van der Waals surface area contributed by atoms with Crippen LogP contribution in [0, 0.1) is 11.8 Å². The third-order valence-corrected chi connectivity index (χ3v) is 2.13. The zero-order valence-corrected chi connectivity index (χ0v) is 7.24. The molecule has 0 rings (SSSR count). The SMILES string of the molecule is CC[C@H](C)[C@H](C)C(=O)C=[N+]=[N-]. The van der Waals surface area contributed by atoms with Crippen molar-refractivity contribution < 1.29 is 9.58 Å². The van der Waals surface area contributed by atoms with Gasteiger partial charge in [0, 0.05) is 5.92 Å². The second-order valence-corrected chi connectivity index (χ2v) is 2.82. The van der Waals surface area contributed by atoms with Crippen molar-refractivity contribution in [2.75, 3.05) is 0 Å². The molecule has 0 bridgehead atoms. The van der Waals surface area contributed by atoms with Gasteiger partial charge in [0.2, 0.25) is 5.78 Å². The van der Waals surface area contributed by atoms with Gasteiger partial charge in [-0.2, -0.15) is 4.79 Å². The van der Waals surface area contributed by atoms with Crippen LogP contribution in [0.2, 0.25) is 0 Å². The standard InChI is InChI=1S/C8H14N2O/c1-4-6(2)7(3)8(11)5-10-9/h5-7H,4H2,1-3H3/t6-,7-/m0/s1. The first-order valence-corrected chi connectivity index (χ1v) is 3.84. The van der Waals surface area contributed by atoms with Crippen molar-refractivity contribution >= 4 is 12.0 Å². The zero-order valence-electron chi connectivity index (χ0n) is 7.24. The molecule has 0 aromatic heterocycles. The summed E-state index contributed by atoms with van der Waals surface area (Å²) < 4.78 is 0. The molecule has 0 fully saturated rings. The predicted octanol–water partition coefficient (Wildman–Crippen LogP) is 1.54. The van der Waals surface area contributed by atoms with E-state index < -0.39 is 0 Å². The summed E-state index contributed by atoms with van der Waals surface area (Å²) in [6, 6.07) is 0. The number of nitrogens with zero attached hydrogens (tertiary/aromatic N) is 2. The van der Waals surface area contributed by atoms with Crippen LogP contribution >= 0.6 is 0 Å². The fraction of sp³-hybridized carbons (Fsp3) is 0.750. The summed E-state index contributed by atoms with van der Waals surface area (Å²) in [7, 11) is 0. The molecule has 0 saturated heterocycles. The van der Waals surface area contributed by atoms with Gasteiger partial charge in [-0.25, -0.2) is 0 Å². The zero-order chi connectivity index (χ0) is 8.85. The summed E-state index contributed by atoms with van der Waals surface area (Å²) >= 11 is 0. The number of hydrogen-bond donors (Lipinski definition) is 0. The van der Waals surface area contributed by atoms with Gasteiger partial charge >= 0.3 is 6.21 Å². The summed E-state index contributed by atoms with van der Waals surface area (Å²) in [5, 5.41) is 0. The van der Waals surface area contributed by atoms with Gasteiger partial charge < -0.3 is 5.53 Å². The van der Waals surface area contributed by atoms with Crippen LogP contribution in [0.25, 0.3) is 5.53 Å². The molecule has 0 amide bonds. The molecule has 0 N–H and O–H groups in total. The average Bonchev–Trinajstić information content (AvgIpc) is 2.02. The van der Waals surface area contributed by atoms with E-state index in [1.54, 1.807) is 0 Å². The molecule has 0 spiro atoms. The fourth-order valence-electron chi connectivity index (χ4n) is 0.808. The van der Waals surface area contributed by atoms with Crippen LogP contribution in [-0.2, 0) is 4.79 Å². The molecule has 0 aliphatic heterocycles. The summed E-state index contributed by atoms with van der Waals surface area (Å²) in [4.78, 5) is 13.7. The summed E-state index contributed by atoms with van der Waals surface area (Å²) in [6.45, 7) is 5.89. The predicted molar refractivity (Wildman–Crippen MR) is 43.3 cm³/mol. The minimum atomic E-state index is -0.109. The molecule has 0 aliphatic carbocycles. The van der Waals surface area contributed by atoms with E-state index in [2.05, 4.69) is 4.79 Å². The Morgan fingerprint density at radius 1 is 1.64 bits per heavy atom. The van der Waals surface area contributed by atoms with E-state index in [9.17, 15) is 4.79 Å². The quantitative estimate of drug-likeness (QED) is 0.344. The van der Waals surface area contributed by atoms with E-state index in [-0.39, 0.29) is 11.7 Å². The first kappa shape index (κ1) is 10.0. The maximum Gasteiger partial charge on any atom is 0.323 e. The summed E-state index contributed by atoms with van der Waals surface area (Å²) in [5.41, 5.74) is 8.09. The molecular weight excluding hydrogens is 140 g/mol. The number of ketones is 1. The lowest BCUT2D eigenvalue weighted by Gasteiger charge is -2.12.